The summed E-state index contributed by atoms with van der Waals surface area (Å²) in [5.41, 5.74) is 1.33. The molecular formula is C28H32ClN5O5. The third-order valence-electron chi connectivity index (χ3n) is 6.92. The van der Waals surface area contributed by atoms with Crippen molar-refractivity contribution >= 4 is 57.7 Å². The third-order valence-corrected chi connectivity index (χ3v) is 7.14. The number of rotatable bonds is 7. The molecule has 10 nitrogen and oxygen atoms in total. The number of pyridine rings is 1. The lowest BCUT2D eigenvalue weighted by Crippen LogP contribution is -2.35. The molecule has 1 aliphatic rings. The average molecular weight is 554 g/mol. The summed E-state index contributed by atoms with van der Waals surface area (Å²) in [6.45, 7) is 0. The van der Waals surface area contributed by atoms with E-state index in [1.54, 1.807) is 63.4 Å². The molecule has 4 amide bonds. The van der Waals surface area contributed by atoms with Crippen LogP contribution in [0.25, 0.3) is 11.0 Å². The normalized spacial score (nSPS) is 16.9. The Hall–Kier alpha value is -3.92. The number of anilines is 2. The van der Waals surface area contributed by atoms with Gasteiger partial charge in [-0.05, 0) is 55.5 Å². The molecule has 2 heterocycles. The molecular weight excluding hydrogens is 522 g/mol. The van der Waals surface area contributed by atoms with E-state index in [9.17, 15) is 19.2 Å². The number of likely N-dealkylation sites (N-methyl/N-ethyl adjacent to an activating group) is 1. The van der Waals surface area contributed by atoms with E-state index in [1.165, 1.54) is 11.1 Å². The molecule has 0 aliphatic heterocycles. The fraction of sp³-hybridized carbons (Fsp3) is 0.393. The number of carbonyl (C=O) groups excluding carboxylic acids is 4. The SMILES string of the molecule is CN(C)C(=O)Cc1ccc2oc(C(=O)Nc3ccc(Cl)cn3)c(NC(=O)C3CCC(C(=O)N(C)C)CC3)c2c1. The van der Waals surface area contributed by atoms with Gasteiger partial charge in [0.1, 0.15) is 17.1 Å². The molecule has 0 unspecified atom stereocenters. The number of furan rings is 1. The number of amides is 4. The van der Waals surface area contributed by atoms with Crippen molar-refractivity contribution in [2.45, 2.75) is 32.1 Å². The molecule has 0 radical (unpaired) electrons. The number of benzene rings is 1. The molecule has 3 aromatic rings. The minimum atomic E-state index is -0.595. The first-order valence-electron chi connectivity index (χ1n) is 12.7. The van der Waals surface area contributed by atoms with E-state index >= 15 is 0 Å². The highest BCUT2D eigenvalue weighted by Crippen LogP contribution is 2.35. The lowest BCUT2D eigenvalue weighted by molar-refractivity contribution is -0.135. The molecule has 2 aromatic heterocycles. The number of fused-ring (bicyclic) bond motifs is 1. The average Bonchev–Trinajstić information content (AvgIpc) is 3.27. The quantitative estimate of drug-likeness (QED) is 0.452. The van der Waals surface area contributed by atoms with Crippen LogP contribution in [0.1, 0.15) is 41.8 Å². The summed E-state index contributed by atoms with van der Waals surface area (Å²) in [5.74, 6) is -1.07. The smallest absolute Gasteiger partial charge is 0.294 e. The Morgan fingerprint density at radius 2 is 1.64 bits per heavy atom. The molecule has 1 aliphatic carbocycles. The number of halogens is 1. The van der Waals surface area contributed by atoms with Gasteiger partial charge in [0.25, 0.3) is 5.91 Å². The molecule has 1 aromatic carbocycles. The van der Waals surface area contributed by atoms with Crippen LogP contribution >= 0.6 is 11.6 Å². The van der Waals surface area contributed by atoms with Crippen molar-refractivity contribution in [1.29, 1.82) is 0 Å². The van der Waals surface area contributed by atoms with Crippen molar-refractivity contribution in [3.05, 3.63) is 52.9 Å². The van der Waals surface area contributed by atoms with Crippen molar-refractivity contribution in [2.75, 3.05) is 38.8 Å². The zero-order chi connectivity index (χ0) is 28.3. The molecule has 1 saturated carbocycles. The number of aromatic nitrogens is 1. The molecule has 11 heteroatoms. The highest BCUT2D eigenvalue weighted by molar-refractivity contribution is 6.30. The second kappa shape index (κ2) is 11.9. The highest BCUT2D eigenvalue weighted by atomic mass is 35.5. The highest BCUT2D eigenvalue weighted by Gasteiger charge is 2.32. The van der Waals surface area contributed by atoms with Gasteiger partial charge in [0.05, 0.1) is 11.4 Å². The second-order valence-corrected chi connectivity index (χ2v) is 10.6. The van der Waals surface area contributed by atoms with Gasteiger partial charge in [0.2, 0.25) is 23.5 Å². The minimum absolute atomic E-state index is 0.0734. The van der Waals surface area contributed by atoms with Crippen LogP contribution < -0.4 is 10.6 Å². The van der Waals surface area contributed by atoms with Gasteiger partial charge in [-0.1, -0.05) is 17.7 Å². The van der Waals surface area contributed by atoms with Crippen LogP contribution in [0.2, 0.25) is 5.02 Å². The molecule has 0 bridgehead atoms. The molecule has 39 heavy (non-hydrogen) atoms. The molecule has 206 valence electrons. The van der Waals surface area contributed by atoms with Crippen molar-refractivity contribution < 1.29 is 23.6 Å². The fourth-order valence-corrected chi connectivity index (χ4v) is 4.80. The Labute approximate surface area is 231 Å². The van der Waals surface area contributed by atoms with E-state index in [2.05, 4.69) is 15.6 Å². The fourth-order valence-electron chi connectivity index (χ4n) is 4.69. The van der Waals surface area contributed by atoms with E-state index in [0.717, 1.165) is 0 Å². The van der Waals surface area contributed by atoms with E-state index < -0.39 is 5.91 Å². The Balaban J connectivity index is 1.62. The third kappa shape index (κ3) is 6.57. The summed E-state index contributed by atoms with van der Waals surface area (Å²) in [7, 11) is 6.83. The summed E-state index contributed by atoms with van der Waals surface area (Å²) in [6, 6.07) is 8.33. The maximum absolute atomic E-state index is 13.4. The Bertz CT molecular complexity index is 1390. The number of hydrogen-bond donors (Lipinski definition) is 2. The predicted octanol–water partition coefficient (Wildman–Crippen LogP) is 4.20. The summed E-state index contributed by atoms with van der Waals surface area (Å²) in [4.78, 5) is 58.4. The monoisotopic (exact) mass is 553 g/mol. The Morgan fingerprint density at radius 1 is 0.949 bits per heavy atom. The van der Waals surface area contributed by atoms with E-state index in [-0.39, 0.29) is 53.2 Å². The first-order valence-corrected chi connectivity index (χ1v) is 13.1. The van der Waals surface area contributed by atoms with Crippen LogP contribution in [0.15, 0.2) is 40.9 Å². The van der Waals surface area contributed by atoms with E-state index in [4.69, 9.17) is 16.0 Å². The maximum Gasteiger partial charge on any atom is 0.294 e. The standard InChI is InChI=1S/C28H32ClN5O5/c1-33(2)23(35)14-16-5-11-21-20(13-16)24(25(39-21)27(37)31-22-12-10-19(29)15-30-22)32-26(36)17-6-8-18(9-7-17)28(38)34(3)4/h5,10-13,15,17-18H,6-9,14H2,1-4H3,(H,32,36)(H,30,31,37). The molecule has 4 rings (SSSR count). The molecule has 2 N–H and O–H groups in total. The Morgan fingerprint density at radius 3 is 2.26 bits per heavy atom. The summed E-state index contributed by atoms with van der Waals surface area (Å²) in [5, 5.41) is 6.53. The van der Waals surface area contributed by atoms with Gasteiger partial charge in [-0.3, -0.25) is 19.2 Å². The van der Waals surface area contributed by atoms with Gasteiger partial charge in [0, 0.05) is 51.6 Å². The summed E-state index contributed by atoms with van der Waals surface area (Å²) >= 11 is 5.90. The number of hydrogen-bond acceptors (Lipinski definition) is 6. The first-order chi connectivity index (χ1) is 18.5. The largest absolute Gasteiger partial charge is 0.449 e. The van der Waals surface area contributed by atoms with Crippen LogP contribution in [0.4, 0.5) is 11.5 Å². The van der Waals surface area contributed by atoms with Crippen LogP contribution in [-0.4, -0.2) is 66.6 Å². The van der Waals surface area contributed by atoms with Gasteiger partial charge in [-0.15, -0.1) is 0 Å². The van der Waals surface area contributed by atoms with Crippen molar-refractivity contribution in [2.24, 2.45) is 11.8 Å². The second-order valence-electron chi connectivity index (χ2n) is 10.2. The number of nitrogens with one attached hydrogen (secondary N) is 2. The molecule has 0 saturated heterocycles. The van der Waals surface area contributed by atoms with Gasteiger partial charge in [-0.25, -0.2) is 4.98 Å². The zero-order valence-corrected chi connectivity index (χ0v) is 23.2. The van der Waals surface area contributed by atoms with Crippen molar-refractivity contribution in [1.82, 2.24) is 14.8 Å². The molecule has 0 spiro atoms. The van der Waals surface area contributed by atoms with Gasteiger partial charge in [0.15, 0.2) is 0 Å². The van der Waals surface area contributed by atoms with Crippen LogP contribution in [0.5, 0.6) is 0 Å². The van der Waals surface area contributed by atoms with Gasteiger partial charge in [-0.2, -0.15) is 0 Å². The molecule has 1 fully saturated rings. The van der Waals surface area contributed by atoms with Crippen LogP contribution in [0.3, 0.4) is 0 Å². The number of nitrogens with zero attached hydrogens (tertiary/aromatic N) is 3. The van der Waals surface area contributed by atoms with E-state index in [1.807, 2.05) is 0 Å². The van der Waals surface area contributed by atoms with Crippen LogP contribution in [-0.2, 0) is 20.8 Å². The van der Waals surface area contributed by atoms with E-state index in [0.29, 0.717) is 47.2 Å². The van der Waals surface area contributed by atoms with Gasteiger partial charge >= 0.3 is 0 Å². The first kappa shape index (κ1) is 28.1. The minimum Gasteiger partial charge on any atom is -0.449 e. The maximum atomic E-state index is 13.4. The van der Waals surface area contributed by atoms with Crippen LogP contribution in [0, 0.1) is 11.8 Å². The zero-order valence-electron chi connectivity index (χ0n) is 22.4. The summed E-state index contributed by atoms with van der Waals surface area (Å²) in [6.07, 6.45) is 3.92. The lowest BCUT2D eigenvalue weighted by atomic mass is 9.81. The van der Waals surface area contributed by atoms with Crippen molar-refractivity contribution in [3.8, 4) is 0 Å². The number of carbonyl (C=O) groups is 4. The van der Waals surface area contributed by atoms with Gasteiger partial charge < -0.3 is 24.9 Å². The van der Waals surface area contributed by atoms with Crippen molar-refractivity contribution in [3.63, 3.8) is 0 Å². The summed E-state index contributed by atoms with van der Waals surface area (Å²) < 4.78 is 5.90. The Kier molecular flexibility index (Phi) is 8.54. The lowest BCUT2D eigenvalue weighted by Gasteiger charge is -2.28. The predicted molar refractivity (Wildman–Crippen MR) is 149 cm³/mol. The topological polar surface area (TPSA) is 125 Å². The molecule has 0 atom stereocenters.